The fraction of sp³-hybridized carbons (Fsp3) is 0.333. The first-order valence-corrected chi connectivity index (χ1v) is 11.1. The highest BCUT2D eigenvalue weighted by atomic mass is 79.9. The van der Waals surface area contributed by atoms with Gasteiger partial charge in [-0.15, -0.1) is 0 Å². The average molecular weight is 504 g/mol. The largest absolute Gasteiger partial charge is 0.497 e. The van der Waals surface area contributed by atoms with E-state index in [9.17, 15) is 0 Å². The highest BCUT2D eigenvalue weighted by Crippen LogP contribution is 2.53. The maximum Gasteiger partial charge on any atom is 0.120 e. The van der Waals surface area contributed by atoms with Crippen LogP contribution in [0.1, 0.15) is 54.9 Å². The predicted octanol–water partition coefficient (Wildman–Crippen LogP) is 7.57. The van der Waals surface area contributed by atoms with Gasteiger partial charge in [-0.1, -0.05) is 62.1 Å². The molecule has 0 saturated carbocycles. The first kappa shape index (κ1) is 19.8. The lowest BCUT2D eigenvalue weighted by molar-refractivity contribution is 0.408. The van der Waals surface area contributed by atoms with E-state index in [0.29, 0.717) is 17.8 Å². The number of halogens is 2. The number of hydrogen-bond acceptors (Lipinski definition) is 2. The van der Waals surface area contributed by atoms with Crippen molar-refractivity contribution in [2.75, 3.05) is 14.2 Å². The molecule has 4 heteroatoms. The Hall–Kier alpha value is -1.52. The summed E-state index contributed by atoms with van der Waals surface area (Å²) in [5.41, 5.74) is 8.06. The fourth-order valence-electron chi connectivity index (χ4n) is 5.00. The van der Waals surface area contributed by atoms with Gasteiger partial charge in [-0.25, -0.2) is 0 Å². The summed E-state index contributed by atoms with van der Waals surface area (Å²) < 4.78 is 13.3. The molecule has 2 aliphatic rings. The molecular formula is C24H24Br2O2. The van der Waals surface area contributed by atoms with E-state index in [-0.39, 0.29) is 0 Å². The third-order valence-corrected chi connectivity index (χ3v) is 7.50. The van der Waals surface area contributed by atoms with Crippen molar-refractivity contribution >= 4 is 44.0 Å². The van der Waals surface area contributed by atoms with Crippen LogP contribution in [0.3, 0.4) is 0 Å². The number of benzene rings is 2. The van der Waals surface area contributed by atoms with E-state index in [0.717, 1.165) is 20.4 Å². The molecule has 0 spiro atoms. The molecule has 2 aliphatic carbocycles. The molecule has 0 fully saturated rings. The molecular weight excluding hydrogens is 480 g/mol. The van der Waals surface area contributed by atoms with Gasteiger partial charge in [0.05, 0.1) is 14.2 Å². The van der Waals surface area contributed by atoms with Crippen molar-refractivity contribution in [2.24, 2.45) is 5.92 Å². The number of hydrogen-bond donors (Lipinski definition) is 0. The molecule has 0 bridgehead atoms. The zero-order valence-corrected chi connectivity index (χ0v) is 19.9. The Balaban J connectivity index is 1.80. The van der Waals surface area contributed by atoms with Crippen LogP contribution in [0.2, 0.25) is 0 Å². The maximum absolute atomic E-state index is 5.55. The minimum atomic E-state index is 0.352. The summed E-state index contributed by atoms with van der Waals surface area (Å²) in [6, 6.07) is 8.50. The first-order valence-electron chi connectivity index (χ1n) is 9.47. The van der Waals surface area contributed by atoms with Crippen molar-refractivity contribution in [1.29, 1.82) is 0 Å². The van der Waals surface area contributed by atoms with E-state index in [1.54, 1.807) is 14.2 Å². The van der Waals surface area contributed by atoms with Crippen molar-refractivity contribution in [3.63, 3.8) is 0 Å². The summed E-state index contributed by atoms with van der Waals surface area (Å²) in [6.45, 7) is 6.86. The molecule has 0 aromatic heterocycles. The monoisotopic (exact) mass is 502 g/mol. The summed E-state index contributed by atoms with van der Waals surface area (Å²) in [7, 11) is 3.46. The van der Waals surface area contributed by atoms with Crippen LogP contribution in [0.25, 0.3) is 12.2 Å². The van der Waals surface area contributed by atoms with E-state index in [2.05, 4.69) is 76.9 Å². The SMILES string of the molecule is COc1cc(Br)c2c(c1)C(C(C)C1C(C)=Cc3c(Br)cc(OC)cc31)C(C)=C2. The van der Waals surface area contributed by atoms with Gasteiger partial charge in [0.2, 0.25) is 0 Å². The number of fused-ring (bicyclic) bond motifs is 2. The van der Waals surface area contributed by atoms with Gasteiger partial charge in [-0.05, 0) is 66.3 Å². The summed E-state index contributed by atoms with van der Waals surface area (Å²) in [5, 5.41) is 0. The number of rotatable bonds is 4. The predicted molar refractivity (Wildman–Crippen MR) is 123 cm³/mol. The highest BCUT2D eigenvalue weighted by molar-refractivity contribution is 9.10. The molecule has 0 aliphatic heterocycles. The maximum atomic E-state index is 5.55. The third-order valence-electron chi connectivity index (χ3n) is 6.19. The van der Waals surface area contributed by atoms with Gasteiger partial charge in [0.25, 0.3) is 0 Å². The Bertz CT molecular complexity index is 938. The van der Waals surface area contributed by atoms with Gasteiger partial charge < -0.3 is 9.47 Å². The number of allylic oxidation sites excluding steroid dienone is 2. The zero-order valence-electron chi connectivity index (χ0n) is 16.8. The van der Waals surface area contributed by atoms with E-state index < -0.39 is 0 Å². The van der Waals surface area contributed by atoms with Gasteiger partial charge in [0, 0.05) is 20.8 Å². The van der Waals surface area contributed by atoms with Gasteiger partial charge in [-0.3, -0.25) is 0 Å². The molecule has 2 atom stereocenters. The normalized spacial score (nSPS) is 21.0. The molecule has 4 rings (SSSR count). The second kappa shape index (κ2) is 7.38. The van der Waals surface area contributed by atoms with Gasteiger partial charge in [0.15, 0.2) is 0 Å². The van der Waals surface area contributed by atoms with Crippen LogP contribution >= 0.6 is 31.9 Å². The molecule has 0 radical (unpaired) electrons. The van der Waals surface area contributed by atoms with E-state index in [1.807, 2.05) is 12.1 Å². The summed E-state index contributed by atoms with van der Waals surface area (Å²) in [4.78, 5) is 0. The molecule has 0 heterocycles. The van der Waals surface area contributed by atoms with Gasteiger partial charge in [-0.2, -0.15) is 0 Å². The smallest absolute Gasteiger partial charge is 0.120 e. The quantitative estimate of drug-likeness (QED) is 0.428. The van der Waals surface area contributed by atoms with Crippen LogP contribution in [0.15, 0.2) is 44.4 Å². The third kappa shape index (κ3) is 3.05. The molecule has 146 valence electrons. The molecule has 0 N–H and O–H groups in total. The van der Waals surface area contributed by atoms with E-state index in [4.69, 9.17) is 9.47 Å². The van der Waals surface area contributed by atoms with E-state index in [1.165, 1.54) is 33.4 Å². The highest BCUT2D eigenvalue weighted by Gasteiger charge is 2.38. The van der Waals surface area contributed by atoms with Crippen LogP contribution in [-0.4, -0.2) is 14.2 Å². The van der Waals surface area contributed by atoms with Crippen molar-refractivity contribution in [3.8, 4) is 11.5 Å². The fourth-order valence-corrected chi connectivity index (χ4v) is 6.13. The second-order valence-electron chi connectivity index (χ2n) is 7.82. The summed E-state index contributed by atoms with van der Waals surface area (Å²) >= 11 is 7.47. The van der Waals surface area contributed by atoms with Crippen molar-refractivity contribution in [1.82, 2.24) is 0 Å². The zero-order chi connectivity index (χ0) is 20.2. The minimum Gasteiger partial charge on any atom is -0.497 e. The molecule has 2 aromatic carbocycles. The molecule has 28 heavy (non-hydrogen) atoms. The number of methoxy groups -OCH3 is 2. The van der Waals surface area contributed by atoms with Crippen LogP contribution < -0.4 is 9.47 Å². The summed E-state index contributed by atoms with van der Waals surface area (Å²) in [5.74, 6) is 2.91. The average Bonchev–Trinajstić information content (AvgIpc) is 3.17. The minimum absolute atomic E-state index is 0.352. The summed E-state index contributed by atoms with van der Waals surface area (Å²) in [6.07, 6.45) is 4.63. The standard InChI is InChI=1S/C24H24Br2O2/c1-12-6-17-19(8-15(27-4)10-21(17)25)23(12)14(3)24-13(2)7-18-20(24)9-16(28-5)11-22(18)26/h6-11,14,23-24H,1-5H3. The molecule has 2 unspecified atom stereocenters. The Morgan fingerprint density at radius 2 is 1.14 bits per heavy atom. The van der Waals surface area contributed by atoms with Crippen LogP contribution in [0.5, 0.6) is 11.5 Å². The molecule has 0 amide bonds. The topological polar surface area (TPSA) is 18.5 Å². The van der Waals surface area contributed by atoms with Crippen molar-refractivity contribution in [2.45, 2.75) is 32.6 Å². The molecule has 0 saturated heterocycles. The lowest BCUT2D eigenvalue weighted by atomic mass is 9.73. The Morgan fingerprint density at radius 3 is 1.50 bits per heavy atom. The first-order chi connectivity index (χ1) is 13.3. The lowest BCUT2D eigenvalue weighted by Crippen LogP contribution is -2.18. The van der Waals surface area contributed by atoms with Gasteiger partial charge >= 0.3 is 0 Å². The Morgan fingerprint density at radius 1 is 0.750 bits per heavy atom. The van der Waals surface area contributed by atoms with Crippen LogP contribution in [-0.2, 0) is 0 Å². The van der Waals surface area contributed by atoms with Crippen molar-refractivity contribution < 1.29 is 9.47 Å². The van der Waals surface area contributed by atoms with Crippen LogP contribution in [0, 0.1) is 5.92 Å². The molecule has 2 aromatic rings. The second-order valence-corrected chi connectivity index (χ2v) is 9.52. The van der Waals surface area contributed by atoms with Crippen molar-refractivity contribution in [3.05, 3.63) is 66.6 Å². The van der Waals surface area contributed by atoms with Crippen LogP contribution in [0.4, 0.5) is 0 Å². The number of ether oxygens (including phenoxy) is 2. The van der Waals surface area contributed by atoms with Gasteiger partial charge in [0.1, 0.15) is 11.5 Å². The Kier molecular flexibility index (Phi) is 5.22. The molecule has 2 nitrogen and oxygen atoms in total. The van der Waals surface area contributed by atoms with E-state index >= 15 is 0 Å². The lowest BCUT2D eigenvalue weighted by Gasteiger charge is -2.30. The Labute approximate surface area is 183 Å².